The van der Waals surface area contributed by atoms with Crippen molar-refractivity contribution in [3.05, 3.63) is 61.2 Å². The van der Waals surface area contributed by atoms with Gasteiger partial charge in [-0.15, -0.1) is 0 Å². The van der Waals surface area contributed by atoms with Crippen LogP contribution < -0.4 is 10.5 Å². The Kier molecular flexibility index (Phi) is 4.82. The van der Waals surface area contributed by atoms with E-state index in [9.17, 15) is 8.42 Å². The smallest absolute Gasteiger partial charge is 0.263 e. The lowest BCUT2D eigenvalue weighted by atomic mass is 10.1. The highest BCUT2D eigenvalue weighted by atomic mass is 32.2. The first-order valence-corrected chi connectivity index (χ1v) is 11.7. The molecule has 3 heterocycles. The third-order valence-corrected chi connectivity index (χ3v) is 7.09. The van der Waals surface area contributed by atoms with Gasteiger partial charge < -0.3 is 10.3 Å². The van der Waals surface area contributed by atoms with Crippen molar-refractivity contribution in [2.45, 2.75) is 36.6 Å². The summed E-state index contributed by atoms with van der Waals surface area (Å²) in [5.74, 6) is 0.668. The average molecular weight is 435 g/mol. The standard InChI is InChI=1S/C22H22N6O2S/c23-21-20-18(13-28(16-6-4-5-7-16)22(20)26-14-25-21)15-10-11-19(24-12-15)27-31(29,30)17-8-2-1-3-9-17/h1-3,8-14,16H,4-7H2,(H,24,27)(H2,23,25,26). The largest absolute Gasteiger partial charge is 0.383 e. The van der Waals surface area contributed by atoms with Crippen LogP contribution in [0.15, 0.2) is 66.1 Å². The molecule has 8 nitrogen and oxygen atoms in total. The van der Waals surface area contributed by atoms with Crippen LogP contribution in [0, 0.1) is 0 Å². The molecular formula is C22H22N6O2S. The number of nitrogens with one attached hydrogen (secondary N) is 1. The number of benzene rings is 1. The van der Waals surface area contributed by atoms with Gasteiger partial charge in [-0.05, 0) is 37.1 Å². The van der Waals surface area contributed by atoms with Crippen LogP contribution in [0.5, 0.6) is 0 Å². The minimum absolute atomic E-state index is 0.186. The normalized spacial score (nSPS) is 14.8. The van der Waals surface area contributed by atoms with E-state index in [2.05, 4.69) is 30.4 Å². The van der Waals surface area contributed by atoms with Crippen molar-refractivity contribution in [2.24, 2.45) is 0 Å². The number of fused-ring (bicyclic) bond motifs is 1. The minimum Gasteiger partial charge on any atom is -0.383 e. The molecule has 3 aromatic heterocycles. The van der Waals surface area contributed by atoms with Crippen LogP contribution in [-0.4, -0.2) is 27.9 Å². The second kappa shape index (κ2) is 7.66. The number of pyridine rings is 1. The average Bonchev–Trinajstić information content (AvgIpc) is 3.43. The molecule has 3 N–H and O–H groups in total. The third kappa shape index (κ3) is 3.61. The zero-order valence-corrected chi connectivity index (χ0v) is 17.6. The Morgan fingerprint density at radius 3 is 2.48 bits per heavy atom. The van der Waals surface area contributed by atoms with Crippen LogP contribution in [0.2, 0.25) is 0 Å². The molecule has 5 rings (SSSR count). The lowest BCUT2D eigenvalue weighted by molar-refractivity contribution is 0.532. The predicted octanol–water partition coefficient (Wildman–Crippen LogP) is 3.99. The molecule has 4 aromatic rings. The Hall–Kier alpha value is -3.46. The summed E-state index contributed by atoms with van der Waals surface area (Å²) in [6.45, 7) is 0. The molecule has 1 fully saturated rings. The fourth-order valence-corrected chi connectivity index (χ4v) is 5.23. The first-order chi connectivity index (χ1) is 15.0. The number of anilines is 2. The van der Waals surface area contributed by atoms with Crippen LogP contribution in [0.25, 0.3) is 22.2 Å². The summed E-state index contributed by atoms with van der Waals surface area (Å²) in [5, 5.41) is 0.800. The van der Waals surface area contributed by atoms with Crippen molar-refractivity contribution in [3.8, 4) is 11.1 Å². The van der Waals surface area contributed by atoms with Gasteiger partial charge in [0.25, 0.3) is 10.0 Å². The highest BCUT2D eigenvalue weighted by Gasteiger charge is 2.23. The maximum atomic E-state index is 12.5. The molecule has 0 saturated heterocycles. The van der Waals surface area contributed by atoms with E-state index in [4.69, 9.17) is 5.73 Å². The van der Waals surface area contributed by atoms with Gasteiger partial charge in [0.15, 0.2) is 0 Å². The van der Waals surface area contributed by atoms with Gasteiger partial charge >= 0.3 is 0 Å². The van der Waals surface area contributed by atoms with Crippen molar-refractivity contribution >= 4 is 32.7 Å². The number of sulfonamides is 1. The van der Waals surface area contributed by atoms with Crippen LogP contribution in [0.1, 0.15) is 31.7 Å². The van der Waals surface area contributed by atoms with E-state index in [1.54, 1.807) is 30.5 Å². The molecule has 0 bridgehead atoms. The molecule has 1 saturated carbocycles. The van der Waals surface area contributed by atoms with Crippen LogP contribution in [-0.2, 0) is 10.0 Å². The van der Waals surface area contributed by atoms with Crippen LogP contribution in [0.3, 0.4) is 0 Å². The molecule has 1 aromatic carbocycles. The van der Waals surface area contributed by atoms with Crippen molar-refractivity contribution < 1.29 is 8.42 Å². The third-order valence-electron chi connectivity index (χ3n) is 5.72. The Morgan fingerprint density at radius 2 is 1.77 bits per heavy atom. The van der Waals surface area contributed by atoms with Gasteiger partial charge in [0.2, 0.25) is 0 Å². The van der Waals surface area contributed by atoms with Crippen molar-refractivity contribution in [1.29, 1.82) is 0 Å². The molecular weight excluding hydrogens is 412 g/mol. The van der Waals surface area contributed by atoms with Gasteiger partial charge in [0.1, 0.15) is 23.6 Å². The van der Waals surface area contributed by atoms with E-state index in [1.807, 2.05) is 6.07 Å². The number of rotatable bonds is 5. The van der Waals surface area contributed by atoms with E-state index < -0.39 is 10.0 Å². The fraction of sp³-hybridized carbons (Fsp3) is 0.227. The molecule has 0 radical (unpaired) electrons. The van der Waals surface area contributed by atoms with Crippen molar-refractivity contribution in [3.63, 3.8) is 0 Å². The molecule has 0 spiro atoms. The second-order valence-corrected chi connectivity index (χ2v) is 9.38. The summed E-state index contributed by atoms with van der Waals surface area (Å²) in [5.41, 5.74) is 8.75. The molecule has 0 atom stereocenters. The Morgan fingerprint density at radius 1 is 1.00 bits per heavy atom. The molecule has 0 unspecified atom stereocenters. The number of nitrogens with zero attached hydrogens (tertiary/aromatic N) is 4. The maximum absolute atomic E-state index is 12.5. The SMILES string of the molecule is Nc1ncnc2c1c(-c1ccc(NS(=O)(=O)c3ccccc3)nc1)cn2C1CCCC1. The highest BCUT2D eigenvalue weighted by molar-refractivity contribution is 7.92. The predicted molar refractivity (Wildman–Crippen MR) is 120 cm³/mol. The molecule has 0 amide bonds. The summed E-state index contributed by atoms with van der Waals surface area (Å²) >= 11 is 0. The van der Waals surface area contributed by atoms with Gasteiger partial charge in [-0.1, -0.05) is 31.0 Å². The number of hydrogen-bond acceptors (Lipinski definition) is 6. The van der Waals surface area contributed by atoms with Crippen LogP contribution >= 0.6 is 0 Å². The van der Waals surface area contributed by atoms with Gasteiger partial charge in [-0.3, -0.25) is 4.72 Å². The first kappa shape index (κ1) is 19.5. The van der Waals surface area contributed by atoms with E-state index in [1.165, 1.54) is 31.3 Å². The lowest BCUT2D eigenvalue weighted by Gasteiger charge is -2.12. The summed E-state index contributed by atoms with van der Waals surface area (Å²) < 4.78 is 29.8. The molecule has 1 aliphatic carbocycles. The number of nitrogens with two attached hydrogens (primary N) is 1. The summed E-state index contributed by atoms with van der Waals surface area (Å²) in [6, 6.07) is 12.1. The van der Waals surface area contributed by atoms with Gasteiger partial charge in [-0.25, -0.2) is 23.4 Å². The maximum Gasteiger partial charge on any atom is 0.263 e. The fourth-order valence-electron chi connectivity index (χ4n) is 4.20. The highest BCUT2D eigenvalue weighted by Crippen LogP contribution is 2.38. The lowest BCUT2D eigenvalue weighted by Crippen LogP contribution is -2.13. The molecule has 31 heavy (non-hydrogen) atoms. The molecule has 158 valence electrons. The topological polar surface area (TPSA) is 116 Å². The van der Waals surface area contributed by atoms with Gasteiger partial charge in [0, 0.05) is 29.6 Å². The van der Waals surface area contributed by atoms with Crippen LogP contribution in [0.4, 0.5) is 11.6 Å². The van der Waals surface area contributed by atoms with E-state index in [0.717, 1.165) is 35.0 Å². The molecule has 0 aliphatic heterocycles. The first-order valence-electron chi connectivity index (χ1n) is 10.2. The summed E-state index contributed by atoms with van der Waals surface area (Å²) in [4.78, 5) is 13.2. The van der Waals surface area contributed by atoms with Gasteiger partial charge in [0.05, 0.1) is 10.3 Å². The monoisotopic (exact) mass is 434 g/mol. The molecule has 1 aliphatic rings. The summed E-state index contributed by atoms with van der Waals surface area (Å²) in [6.07, 6.45) is 9.85. The quantitative estimate of drug-likeness (QED) is 0.491. The zero-order chi connectivity index (χ0) is 21.4. The Bertz CT molecular complexity index is 1330. The number of aromatic nitrogens is 4. The molecule has 9 heteroatoms. The van der Waals surface area contributed by atoms with E-state index in [0.29, 0.717) is 11.9 Å². The van der Waals surface area contributed by atoms with Crippen molar-refractivity contribution in [1.82, 2.24) is 19.5 Å². The Labute approximate surface area is 180 Å². The Balaban J connectivity index is 1.50. The van der Waals surface area contributed by atoms with E-state index >= 15 is 0 Å². The second-order valence-electron chi connectivity index (χ2n) is 7.70. The number of nitrogen functional groups attached to an aromatic ring is 1. The number of hydrogen-bond donors (Lipinski definition) is 2. The minimum atomic E-state index is -3.70. The summed E-state index contributed by atoms with van der Waals surface area (Å²) in [7, 11) is -3.70. The zero-order valence-electron chi connectivity index (χ0n) is 16.8. The van der Waals surface area contributed by atoms with Crippen molar-refractivity contribution in [2.75, 3.05) is 10.5 Å². The van der Waals surface area contributed by atoms with Gasteiger partial charge in [-0.2, -0.15) is 0 Å². The van der Waals surface area contributed by atoms with E-state index in [-0.39, 0.29) is 10.7 Å².